The van der Waals surface area contributed by atoms with E-state index in [2.05, 4.69) is 16.0 Å². The second kappa shape index (κ2) is 6.25. The molecule has 0 saturated carbocycles. The Morgan fingerprint density at radius 3 is 2.81 bits per heavy atom. The number of carbonyl (C=O) groups excluding carboxylic acids is 3. The van der Waals surface area contributed by atoms with Crippen molar-refractivity contribution in [2.75, 3.05) is 5.32 Å². The van der Waals surface area contributed by atoms with Gasteiger partial charge in [-0.05, 0) is 55.9 Å². The summed E-state index contributed by atoms with van der Waals surface area (Å²) in [4.78, 5) is 37.6. The third kappa shape index (κ3) is 2.78. The summed E-state index contributed by atoms with van der Waals surface area (Å²) in [7, 11) is 0. The highest BCUT2D eigenvalue weighted by molar-refractivity contribution is 7.10. The number of rotatable bonds is 3. The van der Waals surface area contributed by atoms with Gasteiger partial charge in [-0.25, -0.2) is 4.79 Å². The molecule has 1 atom stereocenters. The lowest BCUT2D eigenvalue weighted by molar-refractivity contribution is -0.123. The van der Waals surface area contributed by atoms with Crippen LogP contribution in [0, 0.1) is 0 Å². The van der Waals surface area contributed by atoms with Gasteiger partial charge >= 0.3 is 6.03 Å². The molecule has 0 radical (unpaired) electrons. The Morgan fingerprint density at radius 1 is 1.23 bits per heavy atom. The Labute approximate surface area is 155 Å². The van der Waals surface area contributed by atoms with E-state index in [1.54, 1.807) is 42.5 Å². The average Bonchev–Trinajstić information content (AvgIpc) is 3.16. The highest BCUT2D eigenvalue weighted by Crippen LogP contribution is 2.31. The summed E-state index contributed by atoms with van der Waals surface area (Å²) in [6, 6.07) is 6.50. The number of aryl methyl sites for hydroxylation is 1. The molecule has 1 aliphatic heterocycles. The molecule has 1 aromatic heterocycles. The maximum absolute atomic E-state index is 12.7. The van der Waals surface area contributed by atoms with Gasteiger partial charge in [0.05, 0.1) is 5.56 Å². The number of anilines is 1. The van der Waals surface area contributed by atoms with E-state index in [1.165, 1.54) is 16.9 Å². The molecule has 6 nitrogen and oxygen atoms in total. The summed E-state index contributed by atoms with van der Waals surface area (Å²) in [5, 5.41) is 9.74. The molecular formula is C19H19N3O3S. The van der Waals surface area contributed by atoms with Gasteiger partial charge in [0.25, 0.3) is 11.8 Å². The van der Waals surface area contributed by atoms with Gasteiger partial charge < -0.3 is 10.6 Å². The highest BCUT2D eigenvalue weighted by atomic mass is 32.1. The molecule has 2 aliphatic rings. The Bertz CT molecular complexity index is 921. The zero-order valence-corrected chi connectivity index (χ0v) is 15.2. The van der Waals surface area contributed by atoms with Gasteiger partial charge in [-0.1, -0.05) is 12.1 Å². The van der Waals surface area contributed by atoms with Crippen molar-refractivity contribution in [1.82, 2.24) is 10.6 Å². The highest BCUT2D eigenvalue weighted by Gasteiger charge is 2.43. The lowest BCUT2D eigenvalue weighted by atomic mass is 9.92. The number of thiophene rings is 1. The molecule has 26 heavy (non-hydrogen) atoms. The van der Waals surface area contributed by atoms with Crippen LogP contribution in [0.3, 0.4) is 0 Å². The SMILES string of the molecule is C[C@@]1(c2cccc(NC(=O)c3csc4c3CCCC4)c2)NC(=O)NC1=O. The van der Waals surface area contributed by atoms with Crippen LogP contribution >= 0.6 is 11.3 Å². The quantitative estimate of drug-likeness (QED) is 0.727. The molecule has 0 unspecified atom stereocenters. The van der Waals surface area contributed by atoms with Gasteiger partial charge in [0.1, 0.15) is 5.54 Å². The lowest BCUT2D eigenvalue weighted by Crippen LogP contribution is -2.40. The number of hydrogen-bond donors (Lipinski definition) is 3. The number of hydrogen-bond acceptors (Lipinski definition) is 4. The third-order valence-electron chi connectivity index (χ3n) is 5.05. The first-order valence-corrected chi connectivity index (χ1v) is 9.50. The van der Waals surface area contributed by atoms with E-state index in [4.69, 9.17) is 0 Å². The number of urea groups is 1. The Balaban J connectivity index is 1.58. The van der Waals surface area contributed by atoms with E-state index in [0.29, 0.717) is 11.3 Å². The van der Waals surface area contributed by atoms with Gasteiger partial charge in [0.2, 0.25) is 0 Å². The molecule has 3 N–H and O–H groups in total. The van der Waals surface area contributed by atoms with Gasteiger partial charge in [0.15, 0.2) is 0 Å². The molecular weight excluding hydrogens is 350 g/mol. The van der Waals surface area contributed by atoms with Crippen LogP contribution in [0.1, 0.15) is 46.1 Å². The van der Waals surface area contributed by atoms with Crippen molar-refractivity contribution in [2.45, 2.75) is 38.1 Å². The van der Waals surface area contributed by atoms with Crippen LogP contribution < -0.4 is 16.0 Å². The van der Waals surface area contributed by atoms with Gasteiger partial charge in [-0.15, -0.1) is 11.3 Å². The zero-order valence-electron chi connectivity index (χ0n) is 14.3. The van der Waals surface area contributed by atoms with Crippen molar-refractivity contribution in [2.24, 2.45) is 0 Å². The van der Waals surface area contributed by atoms with E-state index >= 15 is 0 Å². The molecule has 1 aliphatic carbocycles. The average molecular weight is 369 g/mol. The Kier molecular flexibility index (Phi) is 4.03. The third-order valence-corrected chi connectivity index (χ3v) is 6.14. The van der Waals surface area contributed by atoms with Crippen molar-refractivity contribution in [1.29, 1.82) is 0 Å². The largest absolute Gasteiger partial charge is 0.322 e. The summed E-state index contributed by atoms with van der Waals surface area (Å²) >= 11 is 1.65. The molecule has 1 fully saturated rings. The second-order valence-corrected chi connectivity index (χ2v) is 7.79. The van der Waals surface area contributed by atoms with Crippen LogP contribution in [0.15, 0.2) is 29.6 Å². The minimum absolute atomic E-state index is 0.133. The van der Waals surface area contributed by atoms with Crippen molar-refractivity contribution < 1.29 is 14.4 Å². The fraction of sp³-hybridized carbons (Fsp3) is 0.316. The normalized spacial score (nSPS) is 21.7. The van der Waals surface area contributed by atoms with Crippen LogP contribution in [-0.2, 0) is 23.2 Å². The fourth-order valence-electron chi connectivity index (χ4n) is 3.54. The molecule has 2 aromatic rings. The standard InChI is InChI=1S/C19H19N3O3S/c1-19(17(24)21-18(25)22-19)11-5-4-6-12(9-11)20-16(23)14-10-26-15-8-3-2-7-13(14)15/h4-6,9-10H,2-3,7-8H2,1H3,(H,20,23)(H2,21,22,24,25)/t19-/m0/s1. The predicted molar refractivity (Wildman–Crippen MR) is 99.4 cm³/mol. The summed E-state index contributed by atoms with van der Waals surface area (Å²) in [6.07, 6.45) is 4.30. The first-order valence-electron chi connectivity index (χ1n) is 8.62. The molecule has 4 rings (SSSR count). The minimum Gasteiger partial charge on any atom is -0.322 e. The Morgan fingerprint density at radius 2 is 2.04 bits per heavy atom. The molecule has 4 amide bonds. The Hall–Kier alpha value is -2.67. The number of imide groups is 1. The van der Waals surface area contributed by atoms with E-state index in [1.807, 2.05) is 5.38 Å². The molecule has 0 bridgehead atoms. The van der Waals surface area contributed by atoms with Crippen molar-refractivity contribution in [3.05, 3.63) is 51.2 Å². The lowest BCUT2D eigenvalue weighted by Gasteiger charge is -2.21. The van der Waals surface area contributed by atoms with E-state index in [-0.39, 0.29) is 5.91 Å². The van der Waals surface area contributed by atoms with Gasteiger partial charge in [-0.2, -0.15) is 0 Å². The maximum atomic E-state index is 12.7. The number of nitrogens with one attached hydrogen (secondary N) is 3. The molecule has 7 heteroatoms. The summed E-state index contributed by atoms with van der Waals surface area (Å²) in [6.45, 7) is 1.64. The predicted octanol–water partition coefficient (Wildman–Crippen LogP) is 2.93. The van der Waals surface area contributed by atoms with Crippen LogP contribution in [-0.4, -0.2) is 17.8 Å². The molecule has 2 heterocycles. The summed E-state index contributed by atoms with van der Waals surface area (Å²) in [5.74, 6) is -0.538. The van der Waals surface area contributed by atoms with Crippen LogP contribution in [0.5, 0.6) is 0 Å². The van der Waals surface area contributed by atoms with Crippen LogP contribution in [0.2, 0.25) is 0 Å². The summed E-state index contributed by atoms with van der Waals surface area (Å²) < 4.78 is 0. The minimum atomic E-state index is -1.14. The second-order valence-electron chi connectivity index (χ2n) is 6.83. The molecule has 1 aromatic carbocycles. The van der Waals surface area contributed by atoms with Gasteiger partial charge in [0, 0.05) is 15.9 Å². The maximum Gasteiger partial charge on any atom is 0.322 e. The summed E-state index contributed by atoms with van der Waals surface area (Å²) in [5.41, 5.74) is 1.99. The molecule has 0 spiro atoms. The monoisotopic (exact) mass is 369 g/mol. The first-order chi connectivity index (χ1) is 12.5. The number of fused-ring (bicyclic) bond motifs is 1. The van der Waals surface area contributed by atoms with E-state index < -0.39 is 17.5 Å². The smallest absolute Gasteiger partial charge is 0.322 e. The van der Waals surface area contributed by atoms with Crippen LogP contribution in [0.4, 0.5) is 10.5 Å². The molecule has 1 saturated heterocycles. The van der Waals surface area contributed by atoms with E-state index in [0.717, 1.165) is 24.8 Å². The number of amides is 4. The fourth-order valence-corrected chi connectivity index (χ4v) is 4.66. The van der Waals surface area contributed by atoms with E-state index in [9.17, 15) is 14.4 Å². The van der Waals surface area contributed by atoms with Crippen molar-refractivity contribution in [3.63, 3.8) is 0 Å². The molecule has 134 valence electrons. The first kappa shape index (κ1) is 16.8. The van der Waals surface area contributed by atoms with Gasteiger partial charge in [-0.3, -0.25) is 14.9 Å². The topological polar surface area (TPSA) is 87.3 Å². The zero-order chi connectivity index (χ0) is 18.3. The van der Waals surface area contributed by atoms with Crippen LogP contribution in [0.25, 0.3) is 0 Å². The van der Waals surface area contributed by atoms with Crippen molar-refractivity contribution >= 4 is 34.9 Å². The number of carbonyl (C=O) groups is 3. The number of benzene rings is 1. The van der Waals surface area contributed by atoms with Crippen molar-refractivity contribution in [3.8, 4) is 0 Å².